The van der Waals surface area contributed by atoms with Gasteiger partial charge in [0.2, 0.25) is 11.8 Å². The van der Waals surface area contributed by atoms with Crippen molar-refractivity contribution < 1.29 is 19.1 Å². The molecule has 2 aromatic heterocycles. The lowest BCUT2D eigenvalue weighted by Gasteiger charge is -2.15. The van der Waals surface area contributed by atoms with Gasteiger partial charge in [0.1, 0.15) is 11.4 Å². The topological polar surface area (TPSA) is 173 Å². The lowest BCUT2D eigenvalue weighted by Crippen LogP contribution is -2.42. The van der Waals surface area contributed by atoms with E-state index >= 15 is 0 Å². The van der Waals surface area contributed by atoms with Gasteiger partial charge in [-0.05, 0) is 55.9 Å². The summed E-state index contributed by atoms with van der Waals surface area (Å²) in [4.78, 5) is 56.9. The van der Waals surface area contributed by atoms with Crippen molar-refractivity contribution in [2.45, 2.75) is 20.0 Å². The van der Waals surface area contributed by atoms with Gasteiger partial charge in [0.15, 0.2) is 6.29 Å². The summed E-state index contributed by atoms with van der Waals surface area (Å²) in [7, 11) is 2.81. The molecule has 0 aliphatic heterocycles. The van der Waals surface area contributed by atoms with E-state index < -0.39 is 11.4 Å². The third kappa shape index (κ3) is 8.85. The van der Waals surface area contributed by atoms with Crippen LogP contribution >= 0.6 is 11.6 Å². The Morgan fingerprint density at radius 2 is 1.62 bits per heavy atom. The number of methoxy groups -OCH3 is 1. The quantitative estimate of drug-likeness (QED) is 0.283. The van der Waals surface area contributed by atoms with Gasteiger partial charge in [-0.3, -0.25) is 14.2 Å². The molecule has 13 nitrogen and oxygen atoms in total. The van der Waals surface area contributed by atoms with Gasteiger partial charge in [0.25, 0.3) is 6.47 Å². The molecule has 2 heterocycles. The van der Waals surface area contributed by atoms with E-state index in [4.69, 9.17) is 21.1 Å². The molecule has 4 rings (SSSR count). The number of hydrogen-bond acceptors (Lipinski definition) is 11. The molecular formula is C26H28ClN7O6. The number of halogens is 1. The van der Waals surface area contributed by atoms with Crippen LogP contribution in [-0.4, -0.2) is 51.0 Å². The molecule has 40 heavy (non-hydrogen) atoms. The number of nitrogens with zero attached hydrogens (tertiary/aromatic N) is 5. The Hall–Kier alpha value is -4.88. The average molecular weight is 570 g/mol. The number of carbonyl (C=O) groups is 2. The maximum atomic E-state index is 13.0. The number of carbonyl (C=O) groups excluding carboxylic acids is 2. The van der Waals surface area contributed by atoms with E-state index in [2.05, 4.69) is 30.7 Å². The van der Waals surface area contributed by atoms with Crippen LogP contribution < -0.4 is 27.2 Å². The highest BCUT2D eigenvalue weighted by Crippen LogP contribution is 2.22. The molecular weight excluding hydrogens is 542 g/mol. The summed E-state index contributed by atoms with van der Waals surface area (Å²) < 4.78 is 11.9. The summed E-state index contributed by atoms with van der Waals surface area (Å²) in [5, 5.41) is 3.62. The standard InChI is InChI=1S/C23H19ClN6O4.C2H4O2.CH5N/c1-2-29-22(32)28-21(30(23(29)33)13-15-3-5-16(24)6-4-15)27-17-7-9-19(10-8-17)34-20-12-25-18(14-31)11-26-20;1-4-2-3;1-2/h3-12,14H,2,13H2,1H3,(H,27,28,32);2H,1H3;2H2,1H3. The molecule has 210 valence electrons. The van der Waals surface area contributed by atoms with Gasteiger partial charge in [-0.1, -0.05) is 23.7 Å². The fourth-order valence-corrected chi connectivity index (χ4v) is 3.23. The van der Waals surface area contributed by atoms with E-state index in [0.29, 0.717) is 29.2 Å². The summed E-state index contributed by atoms with van der Waals surface area (Å²) in [6.45, 7) is 2.48. The first-order valence-electron chi connectivity index (χ1n) is 11.7. The number of aromatic nitrogens is 5. The summed E-state index contributed by atoms with van der Waals surface area (Å²) in [5.74, 6) is 0.818. The minimum Gasteiger partial charge on any atom is -0.471 e. The summed E-state index contributed by atoms with van der Waals surface area (Å²) in [5.41, 5.74) is 4.99. The molecule has 0 bridgehead atoms. The summed E-state index contributed by atoms with van der Waals surface area (Å²) >= 11 is 5.96. The Kier molecular flexibility index (Phi) is 12.7. The first-order valence-corrected chi connectivity index (χ1v) is 12.1. The van der Waals surface area contributed by atoms with Gasteiger partial charge in [0, 0.05) is 17.3 Å². The lowest BCUT2D eigenvalue weighted by molar-refractivity contribution is -0.126. The molecule has 14 heteroatoms. The number of aldehydes is 1. The second-order valence-electron chi connectivity index (χ2n) is 7.44. The van der Waals surface area contributed by atoms with Gasteiger partial charge >= 0.3 is 11.4 Å². The lowest BCUT2D eigenvalue weighted by atomic mass is 10.2. The average Bonchev–Trinajstić information content (AvgIpc) is 2.99. The Morgan fingerprint density at radius 1 is 0.975 bits per heavy atom. The van der Waals surface area contributed by atoms with Gasteiger partial charge in [-0.15, -0.1) is 0 Å². The molecule has 0 aliphatic carbocycles. The van der Waals surface area contributed by atoms with Crippen LogP contribution in [0, 0.1) is 0 Å². The number of benzene rings is 2. The third-order valence-electron chi connectivity index (χ3n) is 4.92. The first kappa shape index (κ1) is 31.3. The van der Waals surface area contributed by atoms with Crippen molar-refractivity contribution in [2.75, 3.05) is 19.5 Å². The van der Waals surface area contributed by atoms with Crippen LogP contribution in [0.2, 0.25) is 5.02 Å². The Morgan fingerprint density at radius 3 is 2.15 bits per heavy atom. The predicted octanol–water partition coefficient (Wildman–Crippen LogP) is 2.63. The summed E-state index contributed by atoms with van der Waals surface area (Å²) in [6, 6.07) is 13.8. The van der Waals surface area contributed by atoms with E-state index in [1.807, 2.05) is 0 Å². The SMILES string of the molecule is CCn1c(=O)nc(Nc2ccc(Oc3cnc(C=O)cn3)cc2)n(Cc2ccc(Cl)cc2)c1=O.CN.COC=O. The molecule has 2 aromatic carbocycles. The molecule has 0 spiro atoms. The molecule has 0 aliphatic rings. The van der Waals surface area contributed by atoms with Crippen molar-refractivity contribution in [2.24, 2.45) is 5.73 Å². The van der Waals surface area contributed by atoms with Gasteiger partial charge in [0.05, 0.1) is 26.0 Å². The predicted molar refractivity (Wildman–Crippen MR) is 149 cm³/mol. The summed E-state index contributed by atoms with van der Waals surface area (Å²) in [6.07, 6.45) is 3.25. The van der Waals surface area contributed by atoms with E-state index in [1.165, 1.54) is 31.1 Å². The highest BCUT2D eigenvalue weighted by atomic mass is 35.5. The number of rotatable bonds is 9. The van der Waals surface area contributed by atoms with Crippen LogP contribution in [0.25, 0.3) is 0 Å². The van der Waals surface area contributed by atoms with E-state index in [9.17, 15) is 14.4 Å². The van der Waals surface area contributed by atoms with Crippen LogP contribution in [0.15, 0.2) is 70.5 Å². The molecule has 0 amide bonds. The van der Waals surface area contributed by atoms with Crippen LogP contribution in [0.4, 0.5) is 11.6 Å². The maximum absolute atomic E-state index is 13.0. The number of nitrogens with one attached hydrogen (secondary N) is 1. The Balaban J connectivity index is 0.000000858. The number of hydrogen-bond donors (Lipinski definition) is 2. The zero-order valence-electron chi connectivity index (χ0n) is 22.0. The van der Waals surface area contributed by atoms with Gasteiger partial charge in [-0.25, -0.2) is 24.1 Å². The highest BCUT2D eigenvalue weighted by Gasteiger charge is 2.13. The van der Waals surface area contributed by atoms with E-state index in [1.54, 1.807) is 55.5 Å². The fraction of sp³-hybridized carbons (Fsp3) is 0.192. The first-order chi connectivity index (χ1) is 19.4. The van der Waals surface area contributed by atoms with Crippen LogP contribution in [0.1, 0.15) is 23.0 Å². The minimum atomic E-state index is -0.639. The second-order valence-corrected chi connectivity index (χ2v) is 7.87. The molecule has 0 saturated carbocycles. The molecule has 3 N–H and O–H groups in total. The molecule has 0 fully saturated rings. The Labute approximate surface area is 234 Å². The van der Waals surface area contributed by atoms with Crippen molar-refractivity contribution in [3.63, 3.8) is 0 Å². The molecule has 0 radical (unpaired) electrons. The van der Waals surface area contributed by atoms with E-state index in [-0.39, 0.29) is 30.6 Å². The number of anilines is 2. The highest BCUT2D eigenvalue weighted by molar-refractivity contribution is 6.30. The molecule has 0 atom stereocenters. The van der Waals surface area contributed by atoms with Gasteiger partial charge < -0.3 is 20.5 Å². The smallest absolute Gasteiger partial charge is 0.354 e. The van der Waals surface area contributed by atoms with E-state index in [0.717, 1.165) is 10.1 Å². The zero-order chi connectivity index (χ0) is 29.5. The van der Waals surface area contributed by atoms with Gasteiger partial charge in [-0.2, -0.15) is 4.98 Å². The second kappa shape index (κ2) is 16.2. The minimum absolute atomic E-state index is 0.110. The molecule has 0 saturated heterocycles. The van der Waals surface area contributed by atoms with Crippen molar-refractivity contribution in [1.82, 2.24) is 24.1 Å². The van der Waals surface area contributed by atoms with Crippen molar-refractivity contribution in [3.8, 4) is 11.6 Å². The zero-order valence-corrected chi connectivity index (χ0v) is 22.7. The monoisotopic (exact) mass is 569 g/mol. The Bertz CT molecular complexity index is 1490. The number of ether oxygens (including phenoxy) is 2. The van der Waals surface area contributed by atoms with Crippen LogP contribution in [-0.2, 0) is 22.6 Å². The normalized spacial score (nSPS) is 9.72. The third-order valence-corrected chi connectivity index (χ3v) is 5.17. The maximum Gasteiger partial charge on any atom is 0.354 e. The largest absolute Gasteiger partial charge is 0.471 e. The van der Waals surface area contributed by atoms with Crippen LogP contribution in [0.3, 0.4) is 0 Å². The van der Waals surface area contributed by atoms with Crippen molar-refractivity contribution in [1.29, 1.82) is 0 Å². The van der Waals surface area contributed by atoms with Crippen molar-refractivity contribution >= 4 is 36.0 Å². The van der Waals surface area contributed by atoms with Crippen LogP contribution in [0.5, 0.6) is 11.6 Å². The van der Waals surface area contributed by atoms with Crippen molar-refractivity contribution in [3.05, 3.63) is 98.2 Å². The molecule has 4 aromatic rings. The number of nitrogens with two attached hydrogens (primary N) is 1. The fourth-order valence-electron chi connectivity index (χ4n) is 3.11. The molecule has 0 unspecified atom stereocenters.